The lowest BCUT2D eigenvalue weighted by Crippen LogP contribution is -2.23. The predicted octanol–water partition coefficient (Wildman–Crippen LogP) is 1.85. The third-order valence-corrected chi connectivity index (χ3v) is 3.26. The van der Waals surface area contributed by atoms with Gasteiger partial charge in [-0.2, -0.15) is 0 Å². The minimum atomic E-state index is -1.12. The molecule has 0 aromatic carbocycles. The van der Waals surface area contributed by atoms with Crippen LogP contribution in [0, 0.1) is 6.55 Å². The number of hydrogen-bond donors (Lipinski definition) is 0. The van der Waals surface area contributed by atoms with Gasteiger partial charge in [0.25, 0.3) is 0 Å². The van der Waals surface area contributed by atoms with E-state index in [2.05, 4.69) is 19.6 Å². The summed E-state index contributed by atoms with van der Waals surface area (Å²) >= 11 is 5.48. The minimum Gasteiger partial charge on any atom is -0.130 e. The summed E-state index contributed by atoms with van der Waals surface area (Å²) in [4.78, 5) is 0. The van der Waals surface area contributed by atoms with Gasteiger partial charge in [0.15, 0.2) is 0 Å². The molecule has 0 aromatic rings. The molecule has 0 unspecified atom stereocenters. The molecule has 2 heteroatoms. The average molecular weight is 122 g/mol. The topological polar surface area (TPSA) is 0 Å². The first-order valence-electron chi connectivity index (χ1n) is 1.97. The Morgan fingerprint density at radius 3 is 1.83 bits per heavy atom. The van der Waals surface area contributed by atoms with Crippen LogP contribution < -0.4 is 0 Å². The summed E-state index contributed by atoms with van der Waals surface area (Å²) < 4.78 is 0. The van der Waals surface area contributed by atoms with Crippen molar-refractivity contribution >= 4 is 19.7 Å². The fourth-order valence-electron chi connectivity index (χ4n) is 0. The van der Waals surface area contributed by atoms with E-state index in [1.807, 2.05) is 0 Å². The summed E-state index contributed by atoms with van der Waals surface area (Å²) in [5.74, 6) is 0. The summed E-state index contributed by atoms with van der Waals surface area (Å²) in [6, 6.07) is 0. The first kappa shape index (κ1) is 6.51. The third kappa shape index (κ3) is 4.51. The standard InChI is InChI=1S/C4H10ClSi/c1-6(2,3)4-5/h1,4H2,2-3H3. The summed E-state index contributed by atoms with van der Waals surface area (Å²) in [7, 11) is -1.12. The molecule has 0 spiro atoms. The highest BCUT2D eigenvalue weighted by Gasteiger charge is 2.08. The van der Waals surface area contributed by atoms with Gasteiger partial charge in [-0.25, -0.2) is 0 Å². The summed E-state index contributed by atoms with van der Waals surface area (Å²) in [5, 5.41) is 0. The zero-order valence-corrected chi connectivity index (χ0v) is 6.05. The average Bonchev–Trinajstić information content (AvgIpc) is 1.35. The Labute approximate surface area is 45.5 Å². The van der Waals surface area contributed by atoms with Gasteiger partial charge in [-0.1, -0.05) is 19.6 Å². The maximum atomic E-state index is 5.48. The van der Waals surface area contributed by atoms with Gasteiger partial charge in [0, 0.05) is 5.50 Å². The molecule has 0 saturated heterocycles. The SMILES string of the molecule is [CH2][Si](C)(C)CCl. The predicted molar refractivity (Wildman–Crippen MR) is 33.6 cm³/mol. The Morgan fingerprint density at radius 1 is 1.67 bits per heavy atom. The third-order valence-electron chi connectivity index (χ3n) is 0.362. The van der Waals surface area contributed by atoms with Crippen LogP contribution in [-0.4, -0.2) is 13.6 Å². The van der Waals surface area contributed by atoms with Crippen LogP contribution in [-0.2, 0) is 0 Å². The van der Waals surface area contributed by atoms with E-state index in [1.165, 1.54) is 0 Å². The number of rotatable bonds is 1. The van der Waals surface area contributed by atoms with Crippen LogP contribution in [0.3, 0.4) is 0 Å². The van der Waals surface area contributed by atoms with Gasteiger partial charge >= 0.3 is 0 Å². The van der Waals surface area contributed by atoms with Crippen LogP contribution in [0.1, 0.15) is 0 Å². The molecule has 1 radical (unpaired) electrons. The van der Waals surface area contributed by atoms with Crippen molar-refractivity contribution < 1.29 is 0 Å². The molecule has 0 bridgehead atoms. The zero-order valence-electron chi connectivity index (χ0n) is 4.29. The Morgan fingerprint density at radius 2 is 1.83 bits per heavy atom. The Kier molecular flexibility index (Phi) is 2.15. The second-order valence-electron chi connectivity index (χ2n) is 2.30. The summed E-state index contributed by atoms with van der Waals surface area (Å²) in [5.41, 5.74) is 0.771. The van der Waals surface area contributed by atoms with E-state index in [0.29, 0.717) is 0 Å². The van der Waals surface area contributed by atoms with Gasteiger partial charge < -0.3 is 0 Å². The van der Waals surface area contributed by atoms with E-state index in [-0.39, 0.29) is 0 Å². The normalized spacial score (nSPS) is 12.0. The Bertz CT molecular complexity index is 37.3. The molecule has 0 fully saturated rings. The Hall–Kier alpha value is 0.507. The molecular formula is C4H10ClSi. The zero-order chi connectivity index (χ0) is 5.21. The van der Waals surface area contributed by atoms with Crippen molar-refractivity contribution in [3.63, 3.8) is 0 Å². The van der Waals surface area contributed by atoms with Crippen LogP contribution >= 0.6 is 11.6 Å². The highest BCUT2D eigenvalue weighted by molar-refractivity contribution is 6.84. The first-order chi connectivity index (χ1) is 2.56. The van der Waals surface area contributed by atoms with Crippen molar-refractivity contribution in [3.05, 3.63) is 6.55 Å². The lowest BCUT2D eigenvalue weighted by Gasteiger charge is -2.07. The van der Waals surface area contributed by atoms with E-state index in [0.717, 1.165) is 5.50 Å². The fraction of sp³-hybridized carbons (Fsp3) is 0.750. The maximum Gasteiger partial charge on any atom is 0.0637 e. The molecule has 0 aliphatic carbocycles. The van der Waals surface area contributed by atoms with E-state index < -0.39 is 8.07 Å². The first-order valence-corrected chi connectivity index (χ1v) is 5.92. The van der Waals surface area contributed by atoms with Crippen molar-refractivity contribution in [1.82, 2.24) is 0 Å². The molecule has 0 saturated carbocycles. The Balaban J connectivity index is 3.17. The van der Waals surface area contributed by atoms with E-state index in [1.54, 1.807) is 0 Å². The van der Waals surface area contributed by atoms with E-state index in [4.69, 9.17) is 11.6 Å². The van der Waals surface area contributed by atoms with Crippen molar-refractivity contribution in [2.75, 3.05) is 5.50 Å². The van der Waals surface area contributed by atoms with Gasteiger partial charge in [0.2, 0.25) is 0 Å². The molecule has 0 aliphatic rings. The van der Waals surface area contributed by atoms with Crippen LogP contribution in [0.25, 0.3) is 0 Å². The lowest BCUT2D eigenvalue weighted by molar-refractivity contribution is 1.73. The largest absolute Gasteiger partial charge is 0.130 e. The van der Waals surface area contributed by atoms with Gasteiger partial charge in [0.1, 0.15) is 0 Å². The summed E-state index contributed by atoms with van der Waals surface area (Å²) in [6.45, 7) is 8.17. The number of alkyl halides is 1. The van der Waals surface area contributed by atoms with E-state index in [9.17, 15) is 0 Å². The molecule has 6 heavy (non-hydrogen) atoms. The van der Waals surface area contributed by atoms with Gasteiger partial charge in [-0.05, 0) is 0 Å². The molecule has 0 rings (SSSR count). The summed E-state index contributed by atoms with van der Waals surface area (Å²) in [6.07, 6.45) is 0. The van der Waals surface area contributed by atoms with E-state index >= 15 is 0 Å². The minimum absolute atomic E-state index is 0.771. The van der Waals surface area contributed by atoms with Gasteiger partial charge in [-0.15, -0.1) is 11.6 Å². The van der Waals surface area contributed by atoms with Crippen LogP contribution in [0.4, 0.5) is 0 Å². The molecule has 37 valence electrons. The highest BCUT2D eigenvalue weighted by Crippen LogP contribution is 1.99. The molecule has 0 aliphatic heterocycles. The molecule has 0 heterocycles. The molecule has 0 nitrogen and oxygen atoms in total. The number of halogens is 1. The second-order valence-corrected chi connectivity index (χ2v) is 7.70. The smallest absolute Gasteiger partial charge is 0.0637 e. The molecule has 0 amide bonds. The van der Waals surface area contributed by atoms with Crippen LogP contribution in [0.15, 0.2) is 0 Å². The molecule has 0 N–H and O–H groups in total. The van der Waals surface area contributed by atoms with Crippen LogP contribution in [0.2, 0.25) is 13.1 Å². The molecular weight excluding hydrogens is 112 g/mol. The monoisotopic (exact) mass is 121 g/mol. The fourth-order valence-corrected chi connectivity index (χ4v) is 0. The molecule has 0 atom stereocenters. The number of hydrogen-bond acceptors (Lipinski definition) is 0. The van der Waals surface area contributed by atoms with Gasteiger partial charge in [-0.3, -0.25) is 0 Å². The van der Waals surface area contributed by atoms with Crippen molar-refractivity contribution in [3.8, 4) is 0 Å². The van der Waals surface area contributed by atoms with Crippen molar-refractivity contribution in [2.24, 2.45) is 0 Å². The second kappa shape index (κ2) is 1.98. The maximum absolute atomic E-state index is 5.48. The van der Waals surface area contributed by atoms with Crippen LogP contribution in [0.5, 0.6) is 0 Å². The van der Waals surface area contributed by atoms with Crippen molar-refractivity contribution in [1.29, 1.82) is 0 Å². The van der Waals surface area contributed by atoms with Crippen molar-refractivity contribution in [2.45, 2.75) is 13.1 Å². The molecule has 0 aromatic heterocycles. The lowest BCUT2D eigenvalue weighted by atomic mass is 11.8. The quantitative estimate of drug-likeness (QED) is 0.367. The highest BCUT2D eigenvalue weighted by atomic mass is 35.5. The van der Waals surface area contributed by atoms with Gasteiger partial charge in [0.05, 0.1) is 8.07 Å².